The van der Waals surface area contributed by atoms with Crippen molar-refractivity contribution in [2.24, 2.45) is 0 Å². The largest absolute Gasteiger partial charge is 0.486 e. The minimum absolute atomic E-state index is 0.152. The number of amides is 1. The van der Waals surface area contributed by atoms with E-state index >= 15 is 0 Å². The molecule has 12 nitrogen and oxygen atoms in total. The van der Waals surface area contributed by atoms with Gasteiger partial charge in [-0.2, -0.15) is 10.2 Å². The molecule has 1 aromatic heterocycles. The number of hydrogen-bond donors (Lipinski definition) is 3. The number of ether oxygens (including phenoxy) is 1. The SMILES string of the molecule is C[C@H]1CN(C)CCN1c1ccc(Nc2ncnc(-c3ccc(O[C@H]4CCN(C(=O)[C@@H](O)CO)C[C@@H]4F)c(C#N)c3)n2)cc1. The number of rotatable bonds is 8. The number of aliphatic hydroxyl groups is 2. The highest BCUT2D eigenvalue weighted by Gasteiger charge is 2.35. The third-order valence-corrected chi connectivity index (χ3v) is 7.75. The third-order valence-electron chi connectivity index (χ3n) is 7.75. The first kappa shape index (κ1) is 30.1. The van der Waals surface area contributed by atoms with Gasteiger partial charge in [0.25, 0.3) is 5.91 Å². The van der Waals surface area contributed by atoms with Crippen LogP contribution in [-0.2, 0) is 4.79 Å². The molecule has 2 aliphatic rings. The van der Waals surface area contributed by atoms with Crippen molar-refractivity contribution in [1.29, 1.82) is 5.26 Å². The summed E-state index contributed by atoms with van der Waals surface area (Å²) in [6.07, 6.45) is -2.45. The monoisotopic (exact) mass is 590 g/mol. The molecular formula is C30H35FN8O4. The lowest BCUT2D eigenvalue weighted by Crippen LogP contribution is -2.52. The summed E-state index contributed by atoms with van der Waals surface area (Å²) in [6.45, 7) is 4.38. The Morgan fingerprint density at radius 2 is 1.98 bits per heavy atom. The van der Waals surface area contributed by atoms with E-state index in [2.05, 4.69) is 62.2 Å². The molecular weight excluding hydrogens is 555 g/mol. The van der Waals surface area contributed by atoms with Crippen molar-refractivity contribution in [3.8, 4) is 23.2 Å². The fraction of sp³-hybridized carbons (Fsp3) is 0.433. The first-order valence-electron chi connectivity index (χ1n) is 14.2. The molecule has 3 N–H and O–H groups in total. The fourth-order valence-corrected chi connectivity index (χ4v) is 5.41. The van der Waals surface area contributed by atoms with Gasteiger partial charge in [0.15, 0.2) is 18.1 Å². The van der Waals surface area contributed by atoms with Crippen molar-refractivity contribution in [1.82, 2.24) is 24.8 Å². The first-order chi connectivity index (χ1) is 20.7. The van der Waals surface area contributed by atoms with Crippen LogP contribution < -0.4 is 15.0 Å². The Balaban J connectivity index is 1.24. The van der Waals surface area contributed by atoms with Crippen LogP contribution in [0.3, 0.4) is 0 Å². The third kappa shape index (κ3) is 6.99. The lowest BCUT2D eigenvalue weighted by Gasteiger charge is -2.39. The van der Waals surface area contributed by atoms with Gasteiger partial charge in [-0.25, -0.2) is 14.4 Å². The summed E-state index contributed by atoms with van der Waals surface area (Å²) in [4.78, 5) is 31.0. The number of likely N-dealkylation sites (tertiary alicyclic amines) is 1. The summed E-state index contributed by atoms with van der Waals surface area (Å²) in [7, 11) is 2.14. The molecule has 4 atom stereocenters. The van der Waals surface area contributed by atoms with E-state index in [1.807, 2.05) is 12.1 Å². The summed E-state index contributed by atoms with van der Waals surface area (Å²) in [5, 5.41) is 31.5. The molecule has 3 aromatic rings. The zero-order valence-corrected chi connectivity index (χ0v) is 24.1. The molecule has 0 aliphatic carbocycles. The molecule has 3 heterocycles. The molecule has 13 heteroatoms. The highest BCUT2D eigenvalue weighted by atomic mass is 19.1. The number of alkyl halides is 1. The molecule has 0 spiro atoms. The molecule has 2 fully saturated rings. The van der Waals surface area contributed by atoms with E-state index in [4.69, 9.17) is 9.84 Å². The number of carbonyl (C=O) groups is 1. The number of piperazine rings is 1. The fourth-order valence-electron chi connectivity index (χ4n) is 5.41. The Morgan fingerprint density at radius 3 is 2.67 bits per heavy atom. The van der Waals surface area contributed by atoms with Crippen LogP contribution in [0.1, 0.15) is 18.9 Å². The van der Waals surface area contributed by atoms with Crippen molar-refractivity contribution in [3.63, 3.8) is 0 Å². The van der Waals surface area contributed by atoms with Gasteiger partial charge in [-0.3, -0.25) is 4.79 Å². The number of hydrogen-bond acceptors (Lipinski definition) is 11. The maximum Gasteiger partial charge on any atom is 0.253 e. The minimum Gasteiger partial charge on any atom is -0.486 e. The van der Waals surface area contributed by atoms with Crippen molar-refractivity contribution in [2.75, 3.05) is 56.6 Å². The van der Waals surface area contributed by atoms with Crippen LogP contribution in [0.15, 0.2) is 48.8 Å². The average molecular weight is 591 g/mol. The van der Waals surface area contributed by atoms with E-state index in [-0.39, 0.29) is 30.8 Å². The second-order valence-corrected chi connectivity index (χ2v) is 10.9. The van der Waals surface area contributed by atoms with Crippen LogP contribution in [0.4, 0.5) is 21.7 Å². The van der Waals surface area contributed by atoms with Crippen LogP contribution in [0.25, 0.3) is 11.4 Å². The number of nitrogens with one attached hydrogen (secondary N) is 1. The smallest absolute Gasteiger partial charge is 0.253 e. The lowest BCUT2D eigenvalue weighted by atomic mass is 10.0. The zero-order chi connectivity index (χ0) is 30.5. The summed E-state index contributed by atoms with van der Waals surface area (Å²) >= 11 is 0. The van der Waals surface area contributed by atoms with E-state index in [9.17, 15) is 19.6 Å². The van der Waals surface area contributed by atoms with Crippen molar-refractivity contribution in [3.05, 3.63) is 54.4 Å². The molecule has 2 aromatic carbocycles. The van der Waals surface area contributed by atoms with E-state index in [0.717, 1.165) is 35.9 Å². The van der Waals surface area contributed by atoms with Crippen LogP contribution >= 0.6 is 0 Å². The number of nitriles is 1. The molecule has 0 unspecified atom stereocenters. The number of benzene rings is 2. The zero-order valence-electron chi connectivity index (χ0n) is 24.1. The van der Waals surface area contributed by atoms with Gasteiger partial charge in [-0.05, 0) is 56.4 Å². The Morgan fingerprint density at radius 1 is 1.19 bits per heavy atom. The van der Waals surface area contributed by atoms with Crippen LogP contribution in [-0.4, -0.2) is 112 Å². The lowest BCUT2D eigenvalue weighted by molar-refractivity contribution is -0.146. The molecule has 0 radical (unpaired) electrons. The molecule has 5 rings (SSSR count). The maximum absolute atomic E-state index is 14.9. The van der Waals surface area contributed by atoms with Crippen LogP contribution in [0.2, 0.25) is 0 Å². The summed E-state index contributed by atoms with van der Waals surface area (Å²) in [5.74, 6) is 0.170. The van der Waals surface area contributed by atoms with Crippen molar-refractivity contribution >= 4 is 23.2 Å². The Labute approximate surface area is 249 Å². The second-order valence-electron chi connectivity index (χ2n) is 10.9. The Hall–Kier alpha value is -4.38. The summed E-state index contributed by atoms with van der Waals surface area (Å²) < 4.78 is 20.7. The van der Waals surface area contributed by atoms with Gasteiger partial charge >= 0.3 is 0 Å². The van der Waals surface area contributed by atoms with E-state index < -0.39 is 30.9 Å². The molecule has 2 saturated heterocycles. The number of aromatic nitrogens is 3. The quantitative estimate of drug-likeness (QED) is 0.353. The molecule has 1 amide bonds. The number of anilines is 3. The van der Waals surface area contributed by atoms with Crippen molar-refractivity contribution < 1.29 is 24.1 Å². The molecule has 43 heavy (non-hydrogen) atoms. The summed E-state index contributed by atoms with van der Waals surface area (Å²) in [6, 6.07) is 15.5. The first-order valence-corrected chi connectivity index (χ1v) is 14.2. The molecule has 0 bridgehead atoms. The van der Waals surface area contributed by atoms with Gasteiger partial charge in [0, 0.05) is 55.6 Å². The van der Waals surface area contributed by atoms with Gasteiger partial charge in [0.2, 0.25) is 5.95 Å². The number of carbonyl (C=O) groups excluding carboxylic acids is 1. The van der Waals surface area contributed by atoms with Crippen LogP contribution in [0, 0.1) is 11.3 Å². The predicted octanol–water partition coefficient (Wildman–Crippen LogP) is 1.97. The standard InChI is InChI=1S/C30H35FN8O4/c1-19-15-37(2)11-12-39(19)23-6-4-22(5-7-23)35-30-34-18-33-28(36-30)20-3-8-26(21(13-20)14-32)43-27-9-10-38(16-24(27)31)29(42)25(41)17-40/h3-8,13,18-19,24-25,27,40-41H,9-12,15-17H2,1-2H3,(H,33,34,35,36)/t19-,24-,25-,27-/m0/s1. The van der Waals surface area contributed by atoms with Crippen LogP contribution in [0.5, 0.6) is 5.75 Å². The van der Waals surface area contributed by atoms with E-state index in [1.54, 1.807) is 18.2 Å². The average Bonchev–Trinajstić information content (AvgIpc) is 3.02. The number of halogens is 1. The maximum atomic E-state index is 14.9. The normalized spacial score (nSPS) is 21.6. The highest BCUT2D eigenvalue weighted by Crippen LogP contribution is 2.29. The van der Waals surface area contributed by atoms with Gasteiger partial charge in [-0.1, -0.05) is 0 Å². The minimum atomic E-state index is -1.58. The highest BCUT2D eigenvalue weighted by molar-refractivity contribution is 5.81. The van der Waals surface area contributed by atoms with E-state index in [1.165, 1.54) is 6.33 Å². The topological polar surface area (TPSA) is 151 Å². The number of nitrogens with zero attached hydrogens (tertiary/aromatic N) is 7. The number of likely N-dealkylation sites (N-methyl/N-ethyl adjacent to an activating group) is 1. The molecule has 0 saturated carbocycles. The number of piperidine rings is 1. The Bertz CT molecular complexity index is 1470. The second kappa shape index (κ2) is 13.3. The van der Waals surface area contributed by atoms with Gasteiger partial charge < -0.3 is 35.0 Å². The van der Waals surface area contributed by atoms with E-state index in [0.29, 0.717) is 23.4 Å². The predicted molar refractivity (Wildman–Crippen MR) is 158 cm³/mol. The molecule has 226 valence electrons. The van der Waals surface area contributed by atoms with Gasteiger partial charge in [0.05, 0.1) is 18.7 Å². The van der Waals surface area contributed by atoms with Crippen molar-refractivity contribution in [2.45, 2.75) is 37.8 Å². The summed E-state index contributed by atoms with van der Waals surface area (Å²) in [5.41, 5.74) is 2.72. The van der Waals surface area contributed by atoms with Gasteiger partial charge in [0.1, 0.15) is 24.3 Å². The molecule has 2 aliphatic heterocycles. The Kier molecular flexibility index (Phi) is 9.30. The number of aliphatic hydroxyl groups excluding tert-OH is 2. The van der Waals surface area contributed by atoms with Gasteiger partial charge in [-0.15, -0.1) is 0 Å².